The Morgan fingerprint density at radius 3 is 2.79 bits per heavy atom. The van der Waals surface area contributed by atoms with Crippen molar-refractivity contribution in [1.82, 2.24) is 9.88 Å². The van der Waals surface area contributed by atoms with E-state index in [2.05, 4.69) is 21.2 Å². The molecule has 1 aromatic heterocycles. The first-order valence-corrected chi connectivity index (χ1v) is 7.16. The fourth-order valence-corrected chi connectivity index (χ4v) is 3.08. The lowest BCUT2D eigenvalue weighted by molar-refractivity contribution is -0.384. The maximum Gasteiger partial charge on any atom is 0.287 e. The van der Waals surface area contributed by atoms with E-state index >= 15 is 0 Å². The third-order valence-corrected chi connectivity index (χ3v) is 4.53. The largest absolute Gasteiger partial charge is 0.347 e. The van der Waals surface area contributed by atoms with Gasteiger partial charge in [0.1, 0.15) is 5.69 Å². The van der Waals surface area contributed by atoms with Gasteiger partial charge in [-0.25, -0.2) is 0 Å². The molecule has 1 fully saturated rings. The minimum absolute atomic E-state index is 0.0633. The summed E-state index contributed by atoms with van der Waals surface area (Å²) in [5.41, 5.74) is 0.253. The van der Waals surface area contributed by atoms with Gasteiger partial charge in [-0.05, 0) is 12.8 Å². The third-order valence-electron chi connectivity index (χ3n) is 3.43. The Hall–Kier alpha value is -1.37. The summed E-state index contributed by atoms with van der Waals surface area (Å²) in [7, 11) is 1.63. The van der Waals surface area contributed by atoms with Crippen LogP contribution < -0.4 is 5.32 Å². The highest BCUT2D eigenvalue weighted by molar-refractivity contribution is 9.09. The van der Waals surface area contributed by atoms with Crippen molar-refractivity contribution >= 4 is 27.5 Å². The van der Waals surface area contributed by atoms with Gasteiger partial charge in [0, 0.05) is 24.0 Å². The summed E-state index contributed by atoms with van der Waals surface area (Å²) >= 11 is 3.57. The van der Waals surface area contributed by atoms with E-state index < -0.39 is 4.92 Å². The highest BCUT2D eigenvalue weighted by Gasteiger charge is 2.26. The van der Waals surface area contributed by atoms with Gasteiger partial charge < -0.3 is 9.88 Å². The molecule has 0 aromatic carbocycles. The van der Waals surface area contributed by atoms with Crippen LogP contribution in [0.3, 0.4) is 0 Å². The second-order valence-electron chi connectivity index (χ2n) is 4.83. The standard InChI is InChI=1S/C12H16BrN3O3/c1-15-7-8(16(18)19)6-11(15)12(17)14-10-5-3-2-4-9(10)13/h6-7,9-10H,2-5H2,1H3,(H,14,17). The van der Waals surface area contributed by atoms with E-state index in [0.29, 0.717) is 5.69 Å². The van der Waals surface area contributed by atoms with Crippen LogP contribution in [0.15, 0.2) is 12.3 Å². The van der Waals surface area contributed by atoms with Crippen LogP contribution in [0.4, 0.5) is 5.69 Å². The number of nitrogens with zero attached hydrogens (tertiary/aromatic N) is 2. The number of hydrogen-bond donors (Lipinski definition) is 1. The van der Waals surface area contributed by atoms with Crippen LogP contribution in [0.1, 0.15) is 36.2 Å². The van der Waals surface area contributed by atoms with Crippen LogP contribution in [0.2, 0.25) is 0 Å². The zero-order valence-electron chi connectivity index (χ0n) is 10.6. The fraction of sp³-hybridized carbons (Fsp3) is 0.583. The van der Waals surface area contributed by atoms with E-state index in [4.69, 9.17) is 0 Å². The number of carbonyl (C=O) groups is 1. The lowest BCUT2D eigenvalue weighted by Gasteiger charge is -2.28. The highest BCUT2D eigenvalue weighted by Crippen LogP contribution is 2.25. The number of aromatic nitrogens is 1. The average Bonchev–Trinajstić information content (AvgIpc) is 2.74. The van der Waals surface area contributed by atoms with Crippen molar-refractivity contribution in [3.63, 3.8) is 0 Å². The number of aryl methyl sites for hydroxylation is 1. The first-order valence-electron chi connectivity index (χ1n) is 6.24. The minimum atomic E-state index is -0.495. The molecule has 2 atom stereocenters. The SMILES string of the molecule is Cn1cc([N+](=O)[O-])cc1C(=O)NC1CCCCC1Br. The zero-order chi connectivity index (χ0) is 14.0. The van der Waals surface area contributed by atoms with E-state index in [9.17, 15) is 14.9 Å². The predicted octanol–water partition coefficient (Wildman–Crippen LogP) is 2.37. The molecule has 1 amide bonds. The second kappa shape index (κ2) is 5.73. The van der Waals surface area contributed by atoms with Crippen LogP contribution in [-0.2, 0) is 7.05 Å². The van der Waals surface area contributed by atoms with Gasteiger partial charge in [0.25, 0.3) is 11.6 Å². The Morgan fingerprint density at radius 1 is 1.53 bits per heavy atom. The summed E-state index contributed by atoms with van der Waals surface area (Å²) in [4.78, 5) is 22.6. The van der Waals surface area contributed by atoms with Crippen molar-refractivity contribution in [2.45, 2.75) is 36.6 Å². The van der Waals surface area contributed by atoms with Gasteiger partial charge in [-0.15, -0.1) is 0 Å². The lowest BCUT2D eigenvalue weighted by Crippen LogP contribution is -2.43. The molecule has 2 rings (SSSR count). The van der Waals surface area contributed by atoms with Gasteiger partial charge in [0.15, 0.2) is 0 Å². The molecule has 19 heavy (non-hydrogen) atoms. The molecule has 1 heterocycles. The molecular formula is C12H16BrN3O3. The molecular weight excluding hydrogens is 314 g/mol. The molecule has 1 aliphatic rings. The number of alkyl halides is 1. The molecule has 0 spiro atoms. The van der Waals surface area contributed by atoms with Crippen molar-refractivity contribution in [1.29, 1.82) is 0 Å². The Balaban J connectivity index is 2.09. The van der Waals surface area contributed by atoms with Crippen molar-refractivity contribution < 1.29 is 9.72 Å². The van der Waals surface area contributed by atoms with Gasteiger partial charge in [0.2, 0.25) is 0 Å². The number of hydrogen-bond acceptors (Lipinski definition) is 3. The van der Waals surface area contributed by atoms with Gasteiger partial charge in [-0.3, -0.25) is 14.9 Å². The van der Waals surface area contributed by atoms with E-state index in [1.165, 1.54) is 16.8 Å². The summed E-state index contributed by atoms with van der Waals surface area (Å²) in [6.07, 6.45) is 5.59. The molecule has 1 aromatic rings. The molecule has 0 bridgehead atoms. The van der Waals surface area contributed by atoms with Crippen molar-refractivity contribution in [2.24, 2.45) is 7.05 Å². The normalized spacial score (nSPS) is 23.1. The Bertz CT molecular complexity index is 500. The van der Waals surface area contributed by atoms with Crippen LogP contribution in [0, 0.1) is 10.1 Å². The zero-order valence-corrected chi connectivity index (χ0v) is 12.2. The average molecular weight is 330 g/mol. The second-order valence-corrected chi connectivity index (χ2v) is 6.01. The predicted molar refractivity (Wildman–Crippen MR) is 74.5 cm³/mol. The highest BCUT2D eigenvalue weighted by atomic mass is 79.9. The first-order chi connectivity index (χ1) is 8.99. The van der Waals surface area contributed by atoms with E-state index in [1.807, 2.05) is 0 Å². The van der Waals surface area contributed by atoms with Crippen LogP contribution in [-0.4, -0.2) is 26.3 Å². The van der Waals surface area contributed by atoms with E-state index in [-0.39, 0.29) is 22.5 Å². The maximum atomic E-state index is 12.1. The van der Waals surface area contributed by atoms with Crippen LogP contribution >= 0.6 is 15.9 Å². The summed E-state index contributed by atoms with van der Waals surface area (Å²) in [6, 6.07) is 1.40. The number of halogens is 1. The van der Waals surface area contributed by atoms with E-state index in [1.54, 1.807) is 7.05 Å². The lowest BCUT2D eigenvalue weighted by atomic mass is 9.95. The molecule has 1 N–H and O–H groups in total. The Morgan fingerprint density at radius 2 is 2.21 bits per heavy atom. The quantitative estimate of drug-likeness (QED) is 0.525. The van der Waals surface area contributed by atoms with Gasteiger partial charge >= 0.3 is 0 Å². The summed E-state index contributed by atoms with van der Waals surface area (Å²) in [5, 5.41) is 13.6. The summed E-state index contributed by atoms with van der Waals surface area (Å²) in [6.45, 7) is 0. The Labute approximate surface area is 119 Å². The summed E-state index contributed by atoms with van der Waals surface area (Å²) in [5.74, 6) is -0.257. The monoisotopic (exact) mass is 329 g/mol. The number of carbonyl (C=O) groups excluding carboxylic acids is 1. The molecule has 6 nitrogen and oxygen atoms in total. The van der Waals surface area contributed by atoms with Gasteiger partial charge in [-0.1, -0.05) is 28.8 Å². The number of rotatable bonds is 3. The Kier molecular flexibility index (Phi) is 4.24. The molecule has 7 heteroatoms. The maximum absolute atomic E-state index is 12.1. The molecule has 0 saturated heterocycles. The molecule has 0 radical (unpaired) electrons. The first kappa shape index (κ1) is 14.0. The van der Waals surface area contributed by atoms with Crippen molar-refractivity contribution in [3.8, 4) is 0 Å². The number of amides is 1. The molecule has 1 aliphatic carbocycles. The van der Waals surface area contributed by atoms with Gasteiger partial charge in [0.05, 0.1) is 11.1 Å². The fourth-order valence-electron chi connectivity index (χ4n) is 2.36. The topological polar surface area (TPSA) is 77.2 Å². The van der Waals surface area contributed by atoms with Crippen LogP contribution in [0.25, 0.3) is 0 Å². The molecule has 0 aliphatic heterocycles. The smallest absolute Gasteiger partial charge is 0.287 e. The van der Waals surface area contributed by atoms with Gasteiger partial charge in [-0.2, -0.15) is 0 Å². The van der Waals surface area contributed by atoms with Crippen molar-refractivity contribution in [3.05, 3.63) is 28.1 Å². The third kappa shape index (κ3) is 3.15. The minimum Gasteiger partial charge on any atom is -0.347 e. The molecule has 1 saturated carbocycles. The number of nitrogens with one attached hydrogen (secondary N) is 1. The van der Waals surface area contributed by atoms with E-state index in [0.717, 1.165) is 25.7 Å². The number of nitro groups is 1. The summed E-state index contributed by atoms with van der Waals surface area (Å²) < 4.78 is 1.49. The van der Waals surface area contributed by atoms with Crippen LogP contribution in [0.5, 0.6) is 0 Å². The van der Waals surface area contributed by atoms with Crippen molar-refractivity contribution in [2.75, 3.05) is 0 Å². The molecule has 2 unspecified atom stereocenters. The molecule has 104 valence electrons.